The van der Waals surface area contributed by atoms with E-state index in [2.05, 4.69) is 29.5 Å². The number of hydrogen-bond donors (Lipinski definition) is 4. The molecule has 2 atom stereocenters. The summed E-state index contributed by atoms with van der Waals surface area (Å²) in [6.45, 7) is 3.74. The van der Waals surface area contributed by atoms with Gasteiger partial charge in [-0.05, 0) is 53.3 Å². The minimum atomic E-state index is -4.38. The Bertz CT molecular complexity index is 1200. The first kappa shape index (κ1) is 27.7. The summed E-state index contributed by atoms with van der Waals surface area (Å²) in [5.41, 5.74) is 1.96. The maximum absolute atomic E-state index is 12.8. The molecule has 0 saturated carbocycles. The van der Waals surface area contributed by atoms with Gasteiger partial charge in [-0.2, -0.15) is 13.2 Å². The van der Waals surface area contributed by atoms with Crippen molar-refractivity contribution in [2.24, 2.45) is 5.92 Å². The maximum Gasteiger partial charge on any atom is 0.416 e. The molecule has 0 saturated heterocycles. The zero-order valence-corrected chi connectivity index (χ0v) is 20.3. The smallest absolute Gasteiger partial charge is 0.416 e. The summed E-state index contributed by atoms with van der Waals surface area (Å²) in [5, 5.41) is 23.7. The Labute approximate surface area is 212 Å². The molecule has 0 aliphatic rings. The van der Waals surface area contributed by atoms with Crippen LogP contribution in [-0.4, -0.2) is 39.7 Å². The van der Waals surface area contributed by atoms with Gasteiger partial charge in [-0.1, -0.05) is 50.2 Å². The lowest BCUT2D eigenvalue weighted by atomic mass is 9.94. The van der Waals surface area contributed by atoms with Crippen LogP contribution in [0, 0.1) is 5.92 Å². The fourth-order valence-corrected chi connectivity index (χ4v) is 3.68. The normalized spacial score (nSPS) is 13.2. The molecule has 0 bridgehead atoms. The summed E-state index contributed by atoms with van der Waals surface area (Å²) < 4.78 is 38.5. The largest absolute Gasteiger partial charge is 0.479 e. The molecular formula is C27H28F3N3O4. The van der Waals surface area contributed by atoms with E-state index in [9.17, 15) is 27.9 Å². The van der Waals surface area contributed by atoms with E-state index in [-0.39, 0.29) is 11.6 Å². The number of aliphatic carboxylic acids is 1. The second-order valence-corrected chi connectivity index (χ2v) is 9.02. The summed E-state index contributed by atoms with van der Waals surface area (Å²) in [4.78, 5) is 27.1. The number of anilines is 1. The standard InChI is InChI=1S/C27H28F3N3O4/c1-16(2)13-22(33-24-12-9-20(14-31-24)25(35)32-15-23(34)26(36)37)19-5-3-17(4-6-19)18-7-10-21(11-8-18)27(28,29)30/h3-12,14,16,22-23,34H,13,15H2,1-2H3,(H,31,33)(H,32,35)(H,36,37). The lowest BCUT2D eigenvalue weighted by Crippen LogP contribution is -2.36. The highest BCUT2D eigenvalue weighted by atomic mass is 19.4. The average Bonchev–Trinajstić information content (AvgIpc) is 2.86. The van der Waals surface area contributed by atoms with Gasteiger partial charge in [0.2, 0.25) is 0 Å². The number of carbonyl (C=O) groups excluding carboxylic acids is 1. The van der Waals surface area contributed by atoms with E-state index in [1.54, 1.807) is 6.07 Å². The number of nitrogens with zero attached hydrogens (tertiary/aromatic N) is 1. The van der Waals surface area contributed by atoms with Crippen LogP contribution in [-0.2, 0) is 11.0 Å². The van der Waals surface area contributed by atoms with Gasteiger partial charge >= 0.3 is 12.1 Å². The molecule has 1 amide bonds. The fraction of sp³-hybridized carbons (Fsp3) is 0.296. The summed E-state index contributed by atoms with van der Waals surface area (Å²) in [7, 11) is 0. The third kappa shape index (κ3) is 7.78. The number of hydrogen-bond acceptors (Lipinski definition) is 5. The number of halogens is 3. The van der Waals surface area contributed by atoms with Crippen LogP contribution in [0.25, 0.3) is 11.1 Å². The highest BCUT2D eigenvalue weighted by Crippen LogP contribution is 2.32. The van der Waals surface area contributed by atoms with Gasteiger partial charge in [-0.15, -0.1) is 0 Å². The van der Waals surface area contributed by atoms with Crippen molar-refractivity contribution in [1.29, 1.82) is 0 Å². The van der Waals surface area contributed by atoms with Gasteiger partial charge in [-0.25, -0.2) is 9.78 Å². The van der Waals surface area contributed by atoms with E-state index in [1.165, 1.54) is 24.4 Å². The molecule has 0 fully saturated rings. The Kier molecular flexibility index (Phi) is 8.88. The minimum Gasteiger partial charge on any atom is -0.479 e. The number of aromatic nitrogens is 1. The molecule has 1 heterocycles. The molecule has 2 aromatic carbocycles. The number of carboxylic acid groups (broad SMARTS) is 1. The Morgan fingerprint density at radius 1 is 0.946 bits per heavy atom. The number of carboxylic acids is 1. The van der Waals surface area contributed by atoms with Gasteiger partial charge in [0.1, 0.15) is 5.82 Å². The monoisotopic (exact) mass is 515 g/mol. The Morgan fingerprint density at radius 3 is 2.03 bits per heavy atom. The summed E-state index contributed by atoms with van der Waals surface area (Å²) in [6, 6.07) is 15.7. The Balaban J connectivity index is 1.70. The zero-order valence-electron chi connectivity index (χ0n) is 20.3. The molecule has 10 heteroatoms. The molecule has 3 aromatic rings. The predicted octanol–water partition coefficient (Wildman–Crippen LogP) is 5.14. The number of aliphatic hydroxyl groups excluding tert-OH is 1. The highest BCUT2D eigenvalue weighted by molar-refractivity contribution is 5.94. The molecule has 3 rings (SSSR count). The van der Waals surface area contributed by atoms with Gasteiger partial charge < -0.3 is 20.8 Å². The molecule has 4 N–H and O–H groups in total. The van der Waals surface area contributed by atoms with Crippen molar-refractivity contribution >= 4 is 17.7 Å². The van der Waals surface area contributed by atoms with E-state index in [1.807, 2.05) is 24.3 Å². The molecule has 1 aromatic heterocycles. The lowest BCUT2D eigenvalue weighted by Gasteiger charge is -2.22. The number of alkyl halides is 3. The summed E-state index contributed by atoms with van der Waals surface area (Å²) >= 11 is 0. The third-order valence-corrected chi connectivity index (χ3v) is 5.65. The number of rotatable bonds is 10. The first-order chi connectivity index (χ1) is 17.4. The van der Waals surface area contributed by atoms with Crippen LogP contribution in [0.3, 0.4) is 0 Å². The van der Waals surface area contributed by atoms with Crippen LogP contribution in [0.4, 0.5) is 19.0 Å². The molecule has 0 radical (unpaired) electrons. The van der Waals surface area contributed by atoms with Gasteiger partial charge in [-0.3, -0.25) is 4.79 Å². The number of aliphatic hydroxyl groups is 1. The average molecular weight is 516 g/mol. The van der Waals surface area contributed by atoms with Crippen molar-refractivity contribution in [3.05, 3.63) is 83.6 Å². The SMILES string of the molecule is CC(C)CC(Nc1ccc(C(=O)NCC(O)C(=O)O)cn1)c1ccc(-c2ccc(C(F)(F)F)cc2)cc1. The van der Waals surface area contributed by atoms with Crippen LogP contribution < -0.4 is 10.6 Å². The molecular weight excluding hydrogens is 487 g/mol. The molecule has 196 valence electrons. The van der Waals surface area contributed by atoms with Gasteiger partial charge in [0.25, 0.3) is 5.91 Å². The van der Waals surface area contributed by atoms with E-state index in [0.717, 1.165) is 29.7 Å². The zero-order chi connectivity index (χ0) is 27.2. The maximum atomic E-state index is 12.8. The van der Waals surface area contributed by atoms with Crippen molar-refractivity contribution in [3.8, 4) is 11.1 Å². The second-order valence-electron chi connectivity index (χ2n) is 9.02. The first-order valence-electron chi connectivity index (χ1n) is 11.6. The van der Waals surface area contributed by atoms with Crippen LogP contribution in [0.5, 0.6) is 0 Å². The van der Waals surface area contributed by atoms with Crippen LogP contribution >= 0.6 is 0 Å². The van der Waals surface area contributed by atoms with Crippen LogP contribution in [0.2, 0.25) is 0 Å². The van der Waals surface area contributed by atoms with Crippen molar-refractivity contribution in [2.75, 3.05) is 11.9 Å². The molecule has 0 aliphatic heterocycles. The van der Waals surface area contributed by atoms with E-state index in [0.29, 0.717) is 17.3 Å². The molecule has 37 heavy (non-hydrogen) atoms. The van der Waals surface area contributed by atoms with E-state index in [4.69, 9.17) is 5.11 Å². The quantitative estimate of drug-likeness (QED) is 0.298. The first-order valence-corrected chi connectivity index (χ1v) is 11.6. The highest BCUT2D eigenvalue weighted by Gasteiger charge is 2.30. The molecule has 7 nitrogen and oxygen atoms in total. The summed E-state index contributed by atoms with van der Waals surface area (Å²) in [6.07, 6.45) is -3.95. The van der Waals surface area contributed by atoms with Crippen molar-refractivity contribution in [2.45, 2.75) is 38.6 Å². The topological polar surface area (TPSA) is 112 Å². The van der Waals surface area contributed by atoms with E-state index < -0.39 is 36.3 Å². The number of nitrogens with one attached hydrogen (secondary N) is 2. The summed E-state index contributed by atoms with van der Waals surface area (Å²) in [5.74, 6) is -1.11. The predicted molar refractivity (Wildman–Crippen MR) is 133 cm³/mol. The fourth-order valence-electron chi connectivity index (χ4n) is 3.68. The van der Waals surface area contributed by atoms with Crippen molar-refractivity contribution in [1.82, 2.24) is 10.3 Å². The number of benzene rings is 2. The van der Waals surface area contributed by atoms with Crippen LogP contribution in [0.1, 0.15) is 47.8 Å². The van der Waals surface area contributed by atoms with Crippen LogP contribution in [0.15, 0.2) is 66.9 Å². The molecule has 0 spiro atoms. The number of carbonyl (C=O) groups is 2. The Morgan fingerprint density at radius 2 is 1.54 bits per heavy atom. The van der Waals surface area contributed by atoms with Gasteiger partial charge in [0, 0.05) is 6.20 Å². The van der Waals surface area contributed by atoms with Gasteiger partial charge in [0.05, 0.1) is 23.7 Å². The third-order valence-electron chi connectivity index (χ3n) is 5.65. The van der Waals surface area contributed by atoms with Gasteiger partial charge in [0.15, 0.2) is 6.10 Å². The molecule has 0 aliphatic carbocycles. The molecule has 2 unspecified atom stereocenters. The lowest BCUT2D eigenvalue weighted by molar-refractivity contribution is -0.146. The number of pyridine rings is 1. The minimum absolute atomic E-state index is 0.112. The number of amides is 1. The van der Waals surface area contributed by atoms with Crippen molar-refractivity contribution < 1.29 is 33.0 Å². The van der Waals surface area contributed by atoms with E-state index >= 15 is 0 Å². The van der Waals surface area contributed by atoms with Crippen molar-refractivity contribution in [3.63, 3.8) is 0 Å². The second kappa shape index (κ2) is 11.9. The Hall–Kier alpha value is -3.92.